The maximum Gasteiger partial charge on any atom is 0.343 e. The van der Waals surface area contributed by atoms with Crippen molar-refractivity contribution in [2.24, 2.45) is 7.05 Å². The molecule has 0 fully saturated rings. The van der Waals surface area contributed by atoms with Crippen molar-refractivity contribution in [2.75, 3.05) is 25.5 Å². The fourth-order valence-electron chi connectivity index (χ4n) is 2.16. The van der Waals surface area contributed by atoms with E-state index in [1.54, 1.807) is 25.3 Å². The van der Waals surface area contributed by atoms with Gasteiger partial charge in [0.1, 0.15) is 11.4 Å². The topological polar surface area (TPSA) is 76.5 Å². The number of rotatable bonds is 7. The summed E-state index contributed by atoms with van der Waals surface area (Å²) < 4.78 is 7.47. The third-order valence-electron chi connectivity index (χ3n) is 3.18. The van der Waals surface area contributed by atoms with Gasteiger partial charge >= 0.3 is 5.97 Å². The van der Waals surface area contributed by atoms with Gasteiger partial charge in [-0.3, -0.25) is 14.4 Å². The van der Waals surface area contributed by atoms with Gasteiger partial charge in [0.2, 0.25) is 5.91 Å². The lowest BCUT2D eigenvalue weighted by atomic mass is 10.3. The Labute approximate surface area is 152 Å². The number of esters is 1. The number of hydrogen-bond acceptors (Lipinski definition) is 6. The summed E-state index contributed by atoms with van der Waals surface area (Å²) >= 11 is 5.03. The van der Waals surface area contributed by atoms with Crippen molar-refractivity contribution in [3.63, 3.8) is 0 Å². The number of amides is 1. The number of ether oxygens (including phenoxy) is 1. The third-order valence-corrected chi connectivity index (χ3v) is 4.73. The molecule has 0 saturated heterocycles. The van der Waals surface area contributed by atoms with Crippen LogP contribution in [0.5, 0.6) is 0 Å². The molecule has 0 spiro atoms. The van der Waals surface area contributed by atoms with Gasteiger partial charge in [0.15, 0.2) is 0 Å². The number of nitrogens with one attached hydrogen (secondary N) is 1. The second-order valence-electron chi connectivity index (χ2n) is 5.23. The molecule has 130 valence electrons. The quantitative estimate of drug-likeness (QED) is 0.704. The van der Waals surface area contributed by atoms with Crippen molar-refractivity contribution in [3.8, 4) is 0 Å². The van der Waals surface area contributed by atoms with Gasteiger partial charge in [-0.05, 0) is 46.9 Å². The molecule has 0 radical (unpaired) electrons. The van der Waals surface area contributed by atoms with E-state index in [1.807, 2.05) is 23.4 Å². The van der Waals surface area contributed by atoms with E-state index >= 15 is 0 Å². The minimum absolute atomic E-state index is 0.195. The van der Waals surface area contributed by atoms with Crippen LogP contribution in [0.15, 0.2) is 21.4 Å². The number of thiophene rings is 1. The second-order valence-corrected chi connectivity index (χ2v) is 7.52. The minimum Gasteiger partial charge on any atom is -0.462 e. The molecule has 0 unspecified atom stereocenters. The average molecular weight is 415 g/mol. The summed E-state index contributed by atoms with van der Waals surface area (Å²) in [7, 11) is 3.52. The molecule has 1 N–H and O–H groups in total. The van der Waals surface area contributed by atoms with E-state index in [0.29, 0.717) is 12.4 Å². The molecule has 2 heterocycles. The number of nitrogens with zero attached hydrogens (tertiary/aromatic N) is 3. The van der Waals surface area contributed by atoms with Crippen LogP contribution < -0.4 is 5.32 Å². The Morgan fingerprint density at radius 3 is 2.88 bits per heavy atom. The van der Waals surface area contributed by atoms with Crippen LogP contribution in [0, 0.1) is 0 Å². The summed E-state index contributed by atoms with van der Waals surface area (Å²) in [4.78, 5) is 26.0. The standard InChI is InChI=1S/C15H19BrN4O3S/c1-4-23-15(22)11-6-17-20(3)14(11)18-13(21)8-19(2)7-10-5-12(16)24-9-10/h5-6,9H,4,7-8H2,1-3H3,(H,18,21). The number of carbonyl (C=O) groups excluding carboxylic acids is 2. The first-order chi connectivity index (χ1) is 11.4. The molecule has 1 amide bonds. The number of anilines is 1. The molecule has 9 heteroatoms. The van der Waals surface area contributed by atoms with Crippen molar-refractivity contribution in [1.82, 2.24) is 14.7 Å². The molecule has 0 aromatic carbocycles. The van der Waals surface area contributed by atoms with E-state index in [2.05, 4.69) is 26.3 Å². The van der Waals surface area contributed by atoms with Crippen LogP contribution in [0.1, 0.15) is 22.8 Å². The summed E-state index contributed by atoms with van der Waals surface area (Å²) in [5.41, 5.74) is 1.38. The van der Waals surface area contributed by atoms with Gasteiger partial charge in [-0.1, -0.05) is 0 Å². The largest absolute Gasteiger partial charge is 0.462 e. The molecule has 2 rings (SSSR count). The Balaban J connectivity index is 1.97. The van der Waals surface area contributed by atoms with Gasteiger partial charge in [0.25, 0.3) is 0 Å². The first-order valence-electron chi connectivity index (χ1n) is 7.31. The average Bonchev–Trinajstić information content (AvgIpc) is 3.06. The Morgan fingerprint density at radius 2 is 2.25 bits per heavy atom. The van der Waals surface area contributed by atoms with Crippen molar-refractivity contribution in [3.05, 3.63) is 32.6 Å². The molecule has 0 atom stereocenters. The highest BCUT2D eigenvalue weighted by Crippen LogP contribution is 2.21. The zero-order valence-electron chi connectivity index (χ0n) is 13.7. The molecule has 0 aliphatic rings. The van der Waals surface area contributed by atoms with Gasteiger partial charge in [-0.2, -0.15) is 5.10 Å². The van der Waals surface area contributed by atoms with Gasteiger partial charge in [0, 0.05) is 13.6 Å². The molecular formula is C15H19BrN4O3S. The summed E-state index contributed by atoms with van der Waals surface area (Å²) in [5, 5.41) is 8.78. The van der Waals surface area contributed by atoms with E-state index < -0.39 is 5.97 Å². The zero-order valence-corrected chi connectivity index (χ0v) is 16.1. The van der Waals surface area contributed by atoms with Crippen LogP contribution in [0.3, 0.4) is 0 Å². The van der Waals surface area contributed by atoms with E-state index in [9.17, 15) is 9.59 Å². The van der Waals surface area contributed by atoms with E-state index in [4.69, 9.17) is 4.74 Å². The van der Waals surface area contributed by atoms with Gasteiger partial charge in [-0.15, -0.1) is 11.3 Å². The molecule has 0 bridgehead atoms. The Bertz CT molecular complexity index is 728. The zero-order chi connectivity index (χ0) is 17.7. The second kappa shape index (κ2) is 8.41. The minimum atomic E-state index is -0.502. The fraction of sp³-hybridized carbons (Fsp3) is 0.400. The van der Waals surface area contributed by atoms with Gasteiger partial charge in [0.05, 0.1) is 23.1 Å². The summed E-state index contributed by atoms with van der Waals surface area (Å²) in [6.45, 7) is 2.84. The fourth-order valence-corrected chi connectivity index (χ4v) is 3.36. The number of aryl methyl sites for hydroxylation is 1. The summed E-state index contributed by atoms with van der Waals surface area (Å²) in [5.74, 6) is -0.386. The molecule has 2 aromatic rings. The monoisotopic (exact) mass is 414 g/mol. The molecule has 0 aliphatic carbocycles. The van der Waals surface area contributed by atoms with Crippen molar-refractivity contribution in [2.45, 2.75) is 13.5 Å². The number of likely N-dealkylation sites (N-methyl/N-ethyl adjacent to an activating group) is 1. The maximum absolute atomic E-state index is 12.2. The third kappa shape index (κ3) is 4.89. The lowest BCUT2D eigenvalue weighted by molar-refractivity contribution is -0.117. The summed E-state index contributed by atoms with van der Waals surface area (Å²) in [6.07, 6.45) is 1.39. The van der Waals surface area contributed by atoms with Gasteiger partial charge < -0.3 is 10.1 Å². The van der Waals surface area contributed by atoms with Crippen LogP contribution in [-0.4, -0.2) is 46.8 Å². The molecule has 0 saturated carbocycles. The first kappa shape index (κ1) is 18.6. The van der Waals surface area contributed by atoms with E-state index in [-0.39, 0.29) is 24.6 Å². The molecular weight excluding hydrogens is 396 g/mol. The number of hydrogen-bond donors (Lipinski definition) is 1. The Hall–Kier alpha value is -1.71. The molecule has 7 nitrogen and oxygen atoms in total. The summed E-state index contributed by atoms with van der Waals surface area (Å²) in [6, 6.07) is 2.03. The van der Waals surface area contributed by atoms with Crippen molar-refractivity contribution < 1.29 is 14.3 Å². The number of halogens is 1. The van der Waals surface area contributed by atoms with Gasteiger partial charge in [-0.25, -0.2) is 4.79 Å². The SMILES string of the molecule is CCOC(=O)c1cnn(C)c1NC(=O)CN(C)Cc1csc(Br)c1. The normalized spacial score (nSPS) is 10.9. The highest BCUT2D eigenvalue weighted by atomic mass is 79.9. The van der Waals surface area contributed by atoms with Crippen LogP contribution in [0.25, 0.3) is 0 Å². The number of carbonyl (C=O) groups is 2. The van der Waals surface area contributed by atoms with Crippen molar-refractivity contribution >= 4 is 45.0 Å². The van der Waals surface area contributed by atoms with Crippen molar-refractivity contribution in [1.29, 1.82) is 0 Å². The van der Waals surface area contributed by atoms with E-state index in [0.717, 1.165) is 9.35 Å². The smallest absolute Gasteiger partial charge is 0.343 e. The molecule has 24 heavy (non-hydrogen) atoms. The maximum atomic E-state index is 12.2. The van der Waals surface area contributed by atoms with Crippen LogP contribution >= 0.6 is 27.3 Å². The van der Waals surface area contributed by atoms with Crippen LogP contribution in [0.4, 0.5) is 5.82 Å². The lowest BCUT2D eigenvalue weighted by Gasteiger charge is -2.16. The van der Waals surface area contributed by atoms with Crippen LogP contribution in [-0.2, 0) is 23.1 Å². The Morgan fingerprint density at radius 1 is 1.50 bits per heavy atom. The highest BCUT2D eigenvalue weighted by Gasteiger charge is 2.19. The molecule has 0 aliphatic heterocycles. The van der Waals surface area contributed by atoms with Crippen LogP contribution in [0.2, 0.25) is 0 Å². The highest BCUT2D eigenvalue weighted by molar-refractivity contribution is 9.11. The first-order valence-corrected chi connectivity index (χ1v) is 8.98. The lowest BCUT2D eigenvalue weighted by Crippen LogP contribution is -2.30. The van der Waals surface area contributed by atoms with E-state index in [1.165, 1.54) is 10.9 Å². The molecule has 2 aromatic heterocycles. The predicted molar refractivity (Wildman–Crippen MR) is 96.1 cm³/mol. The number of aromatic nitrogens is 2. The Kier molecular flexibility index (Phi) is 6.52. The predicted octanol–water partition coefficient (Wildman–Crippen LogP) is 2.49.